The first kappa shape index (κ1) is 53.7. The Labute approximate surface area is 458 Å². The van der Waals surface area contributed by atoms with Gasteiger partial charge in [0.05, 0.1) is 22.7 Å². The first-order valence-electron chi connectivity index (χ1n) is 23.9. The fourth-order valence-corrected chi connectivity index (χ4v) is 10.5. The second-order valence-corrected chi connectivity index (χ2v) is 20.6. The molecule has 4 aromatic carbocycles. The SMILES string of the molecule is O=C(Br)CBr.O=C(Nc1ccc(Cl)cc1)c1cccn(C2CCc3c2cccc3N2CCN(C(=O)CBr)CC2)c1=O.O=C(Nc1ccc(Cl)cc1)c1cccn(C2CCc3c2cccc3N2CCNCC2)c1=O. The first-order chi connectivity index (χ1) is 35.3. The van der Waals surface area contributed by atoms with E-state index in [1.54, 1.807) is 94.3 Å². The van der Waals surface area contributed by atoms with Crippen LogP contribution in [0.1, 0.15) is 67.9 Å². The number of amides is 3. The summed E-state index contributed by atoms with van der Waals surface area (Å²) in [6.45, 7) is 6.89. The van der Waals surface area contributed by atoms with Gasteiger partial charge in [-0.2, -0.15) is 0 Å². The van der Waals surface area contributed by atoms with E-state index < -0.39 is 11.8 Å². The predicted octanol–water partition coefficient (Wildman–Crippen LogP) is 9.34. The summed E-state index contributed by atoms with van der Waals surface area (Å²) in [6, 6.07) is 32.7. The highest BCUT2D eigenvalue weighted by molar-refractivity contribution is 9.19. The molecular formula is C54H53Br3Cl2N8O6. The summed E-state index contributed by atoms with van der Waals surface area (Å²) in [5, 5.41) is 10.9. The maximum absolute atomic E-state index is 13.4. The van der Waals surface area contributed by atoms with Crippen LogP contribution in [-0.2, 0) is 22.4 Å². The summed E-state index contributed by atoms with van der Waals surface area (Å²) >= 11 is 20.7. The van der Waals surface area contributed by atoms with E-state index in [1.807, 2.05) is 11.0 Å². The van der Waals surface area contributed by atoms with Crippen LogP contribution in [-0.4, -0.2) is 99.5 Å². The highest BCUT2D eigenvalue weighted by Gasteiger charge is 2.32. The van der Waals surface area contributed by atoms with Gasteiger partial charge in [0, 0.05) is 97.5 Å². The van der Waals surface area contributed by atoms with Crippen LogP contribution in [0.25, 0.3) is 0 Å². The third-order valence-corrected chi connectivity index (χ3v) is 15.9. The van der Waals surface area contributed by atoms with Crippen molar-refractivity contribution in [3.05, 3.63) is 186 Å². The minimum absolute atomic E-state index is 0.0162. The molecule has 2 unspecified atom stereocenters. The lowest BCUT2D eigenvalue weighted by atomic mass is 10.0. The molecule has 4 aliphatic rings. The molecule has 380 valence electrons. The van der Waals surface area contributed by atoms with Crippen molar-refractivity contribution in [3.8, 4) is 0 Å². The van der Waals surface area contributed by atoms with E-state index in [4.69, 9.17) is 23.2 Å². The number of nitrogens with zero attached hydrogens (tertiary/aromatic N) is 5. The lowest BCUT2D eigenvalue weighted by molar-refractivity contribution is -0.128. The van der Waals surface area contributed by atoms with E-state index in [0.29, 0.717) is 45.2 Å². The van der Waals surface area contributed by atoms with Crippen molar-refractivity contribution in [2.75, 3.05) is 83.5 Å². The number of carbonyl (C=O) groups is 4. The zero-order chi connectivity index (χ0) is 51.6. The van der Waals surface area contributed by atoms with Crippen LogP contribution >= 0.6 is 71.0 Å². The van der Waals surface area contributed by atoms with E-state index in [0.717, 1.165) is 70.5 Å². The Bertz CT molecular complexity index is 3090. The number of halogens is 5. The number of pyridine rings is 2. The third-order valence-electron chi connectivity index (χ3n) is 13.4. The zero-order valence-corrected chi connectivity index (χ0v) is 45.9. The molecule has 2 aliphatic heterocycles. The summed E-state index contributed by atoms with van der Waals surface area (Å²) < 4.78 is 3.38. The molecule has 14 nitrogen and oxygen atoms in total. The minimum atomic E-state index is -0.445. The Morgan fingerprint density at radius 1 is 0.562 bits per heavy atom. The van der Waals surface area contributed by atoms with Crippen molar-refractivity contribution >= 4 is 116 Å². The minimum Gasteiger partial charge on any atom is -0.369 e. The van der Waals surface area contributed by atoms with Crippen LogP contribution in [0.3, 0.4) is 0 Å². The quantitative estimate of drug-likeness (QED) is 0.0899. The van der Waals surface area contributed by atoms with Gasteiger partial charge in [-0.3, -0.25) is 28.8 Å². The molecule has 19 heteroatoms. The number of hydrogen-bond donors (Lipinski definition) is 3. The molecule has 2 fully saturated rings. The van der Waals surface area contributed by atoms with Gasteiger partial charge in [-0.15, -0.1) is 0 Å². The summed E-state index contributed by atoms with van der Waals surface area (Å²) in [7, 11) is 0. The number of carbonyl (C=O) groups excluding carboxylic acids is 4. The second kappa shape index (κ2) is 25.1. The van der Waals surface area contributed by atoms with Crippen LogP contribution in [0.2, 0.25) is 10.0 Å². The number of piperazine rings is 2. The van der Waals surface area contributed by atoms with Gasteiger partial charge in [-0.25, -0.2) is 0 Å². The van der Waals surface area contributed by atoms with Crippen molar-refractivity contribution in [2.45, 2.75) is 37.8 Å². The van der Waals surface area contributed by atoms with Crippen molar-refractivity contribution < 1.29 is 19.2 Å². The van der Waals surface area contributed by atoms with E-state index in [2.05, 4.69) is 104 Å². The molecule has 4 heterocycles. The van der Waals surface area contributed by atoms with Crippen molar-refractivity contribution in [1.29, 1.82) is 0 Å². The van der Waals surface area contributed by atoms with Gasteiger partial charge in [0.2, 0.25) is 10.6 Å². The predicted molar refractivity (Wildman–Crippen MR) is 301 cm³/mol. The Hall–Kier alpha value is -5.56. The number of fused-ring (bicyclic) bond motifs is 2. The maximum Gasteiger partial charge on any atom is 0.263 e. The Morgan fingerprint density at radius 3 is 1.40 bits per heavy atom. The van der Waals surface area contributed by atoms with Crippen LogP contribution in [0.4, 0.5) is 22.7 Å². The number of benzene rings is 4. The van der Waals surface area contributed by atoms with Crippen molar-refractivity contribution in [2.24, 2.45) is 0 Å². The Morgan fingerprint density at radius 2 is 0.986 bits per heavy atom. The molecule has 2 aromatic heterocycles. The van der Waals surface area contributed by atoms with Crippen LogP contribution < -0.4 is 36.9 Å². The van der Waals surface area contributed by atoms with Gasteiger partial charge >= 0.3 is 0 Å². The highest BCUT2D eigenvalue weighted by atomic mass is 79.9. The first-order valence-corrected chi connectivity index (χ1v) is 27.7. The maximum atomic E-state index is 13.4. The second-order valence-electron chi connectivity index (χ2n) is 17.7. The largest absolute Gasteiger partial charge is 0.369 e. The molecule has 10 rings (SSSR count). The molecule has 6 aromatic rings. The van der Waals surface area contributed by atoms with Gasteiger partial charge < -0.3 is 39.8 Å². The topological polar surface area (TPSA) is 158 Å². The molecule has 2 saturated heterocycles. The summed E-state index contributed by atoms with van der Waals surface area (Å²) in [5.74, 6) is -0.744. The molecule has 2 atom stereocenters. The number of alkyl halides is 2. The Kier molecular flexibility index (Phi) is 18.5. The number of nitrogens with one attached hydrogen (secondary N) is 3. The summed E-state index contributed by atoms with van der Waals surface area (Å²) in [4.78, 5) is 80.8. The average molecular weight is 1220 g/mol. The molecular weight excluding hydrogens is 1170 g/mol. The molecule has 3 N–H and O–H groups in total. The molecule has 0 spiro atoms. The van der Waals surface area contributed by atoms with Gasteiger partial charge in [0.15, 0.2) is 0 Å². The normalized spacial score (nSPS) is 16.8. The number of anilines is 4. The van der Waals surface area contributed by atoms with Gasteiger partial charge in [-0.1, -0.05) is 79.3 Å². The molecule has 73 heavy (non-hydrogen) atoms. The average Bonchev–Trinajstić information content (AvgIpc) is 4.06. The Balaban J connectivity index is 0.000000179. The van der Waals surface area contributed by atoms with Crippen LogP contribution in [0.5, 0.6) is 0 Å². The highest BCUT2D eigenvalue weighted by Crippen LogP contribution is 2.41. The van der Waals surface area contributed by atoms with Gasteiger partial charge in [0.1, 0.15) is 11.1 Å². The number of aromatic nitrogens is 2. The number of rotatable bonds is 10. The van der Waals surface area contributed by atoms with Crippen molar-refractivity contribution in [1.82, 2.24) is 19.4 Å². The fraction of sp³-hybridized carbons (Fsp3) is 0.296. The summed E-state index contributed by atoms with van der Waals surface area (Å²) in [5.41, 5.74) is 8.13. The molecule has 0 radical (unpaired) electrons. The standard InChI is InChI=1S/C27H26BrClN4O3.C25H25ClN4O2.C2H2Br2O/c28-17-25(34)32-15-13-31(14-16-32)23-5-1-3-20-21(23)10-11-24(20)33-12-2-4-22(27(33)36)26(35)30-19-8-6-18(29)7-9-19;26-17-6-8-18(9-7-17)28-24(31)21-4-2-14-30(25(21)32)23-11-10-20-19(23)3-1-5-22(20)29-15-12-27-13-16-29;3-1-2(4)5/h1-9,12,24H,10-11,13-17H2,(H,30,35);1-9,14,23,27H,10-13,15-16H2,(H,28,31);1H2. The van der Waals surface area contributed by atoms with E-state index >= 15 is 0 Å². The smallest absolute Gasteiger partial charge is 0.263 e. The van der Waals surface area contributed by atoms with Gasteiger partial charge in [-0.05, 0) is 149 Å². The third kappa shape index (κ3) is 12.9. The van der Waals surface area contributed by atoms with Crippen LogP contribution in [0, 0.1) is 0 Å². The van der Waals surface area contributed by atoms with Crippen molar-refractivity contribution in [3.63, 3.8) is 0 Å². The van der Waals surface area contributed by atoms with Crippen LogP contribution in [0.15, 0.2) is 131 Å². The number of hydrogen-bond acceptors (Lipinski definition) is 9. The van der Waals surface area contributed by atoms with E-state index in [1.165, 1.54) is 28.1 Å². The monoisotopic (exact) mass is 1220 g/mol. The lowest BCUT2D eigenvalue weighted by Gasteiger charge is -2.37. The van der Waals surface area contributed by atoms with E-state index in [-0.39, 0.29) is 44.9 Å². The lowest BCUT2D eigenvalue weighted by Crippen LogP contribution is -2.49. The molecule has 0 saturated carbocycles. The molecule has 2 aliphatic carbocycles. The zero-order valence-electron chi connectivity index (χ0n) is 39.7. The fourth-order valence-electron chi connectivity index (χ4n) is 9.90. The van der Waals surface area contributed by atoms with Gasteiger partial charge in [0.25, 0.3) is 22.9 Å². The molecule has 0 bridgehead atoms. The summed E-state index contributed by atoms with van der Waals surface area (Å²) in [6.07, 6.45) is 6.96. The van der Waals surface area contributed by atoms with E-state index in [9.17, 15) is 28.8 Å². The molecule has 3 amide bonds.